The fourth-order valence-electron chi connectivity index (χ4n) is 5.23. The number of nitrogens with one attached hydrogen (secondary N) is 1. The average molecular weight is 431 g/mol. The molecule has 6 nitrogen and oxygen atoms in total. The Morgan fingerprint density at radius 1 is 1.03 bits per heavy atom. The third kappa shape index (κ3) is 4.25. The van der Waals surface area contributed by atoms with Crippen LogP contribution in [0.2, 0.25) is 0 Å². The molecule has 2 fully saturated rings. The number of fused-ring (bicyclic) bond motifs is 1. The molecule has 0 radical (unpaired) electrons. The molecule has 1 saturated heterocycles. The molecule has 2 aromatic heterocycles. The molecule has 3 heterocycles. The lowest BCUT2D eigenvalue weighted by Crippen LogP contribution is -2.59. The zero-order valence-electron chi connectivity index (χ0n) is 18.4. The van der Waals surface area contributed by atoms with Crippen molar-refractivity contribution in [3.05, 3.63) is 60.4 Å². The quantitative estimate of drug-likeness (QED) is 0.661. The summed E-state index contributed by atoms with van der Waals surface area (Å²) in [5.74, 6) is -0.0304. The smallest absolute Gasteiger partial charge is 0.252 e. The first-order valence-electron chi connectivity index (χ1n) is 11.7. The molecule has 0 unspecified atom stereocenters. The van der Waals surface area contributed by atoms with Gasteiger partial charge in [-0.05, 0) is 37.1 Å². The highest BCUT2D eigenvalue weighted by atomic mass is 16.5. The third-order valence-electron chi connectivity index (χ3n) is 6.98. The largest absolute Gasteiger partial charge is 0.379 e. The number of rotatable bonds is 5. The van der Waals surface area contributed by atoms with Crippen molar-refractivity contribution in [2.45, 2.75) is 37.6 Å². The first-order chi connectivity index (χ1) is 15.8. The van der Waals surface area contributed by atoms with Crippen LogP contribution in [0.3, 0.4) is 0 Å². The Bertz CT molecular complexity index is 1070. The lowest BCUT2D eigenvalue weighted by atomic mass is 9.79. The van der Waals surface area contributed by atoms with Crippen LogP contribution in [0.5, 0.6) is 0 Å². The number of hydrogen-bond acceptors (Lipinski definition) is 5. The molecule has 2 aliphatic rings. The van der Waals surface area contributed by atoms with E-state index < -0.39 is 0 Å². The van der Waals surface area contributed by atoms with E-state index in [0.29, 0.717) is 12.1 Å². The molecule has 3 aromatic rings. The van der Waals surface area contributed by atoms with Crippen LogP contribution in [-0.4, -0.2) is 59.2 Å². The second-order valence-corrected chi connectivity index (χ2v) is 8.88. The fraction of sp³-hybridized carbons (Fsp3) is 0.423. The predicted molar refractivity (Wildman–Crippen MR) is 126 cm³/mol. The van der Waals surface area contributed by atoms with Gasteiger partial charge in [0.15, 0.2) is 0 Å². The Balaban J connectivity index is 1.44. The fourth-order valence-corrected chi connectivity index (χ4v) is 5.23. The van der Waals surface area contributed by atoms with Gasteiger partial charge in [0.25, 0.3) is 5.91 Å². The van der Waals surface area contributed by atoms with Crippen molar-refractivity contribution in [3.63, 3.8) is 0 Å². The predicted octanol–water partition coefficient (Wildman–Crippen LogP) is 4.06. The molecular weight excluding hydrogens is 400 g/mol. The van der Waals surface area contributed by atoms with Gasteiger partial charge in [-0.1, -0.05) is 37.5 Å². The normalized spacial score (nSPS) is 19.0. The highest BCUT2D eigenvalue weighted by molar-refractivity contribution is 6.07. The van der Waals surface area contributed by atoms with Crippen LogP contribution in [0.25, 0.3) is 22.2 Å². The van der Waals surface area contributed by atoms with E-state index in [-0.39, 0.29) is 11.4 Å². The van der Waals surface area contributed by atoms with Crippen molar-refractivity contribution in [1.29, 1.82) is 0 Å². The maximum Gasteiger partial charge on any atom is 0.252 e. The van der Waals surface area contributed by atoms with E-state index in [9.17, 15) is 4.79 Å². The summed E-state index contributed by atoms with van der Waals surface area (Å²) in [6.07, 6.45) is 9.49. The van der Waals surface area contributed by atoms with Gasteiger partial charge >= 0.3 is 0 Å². The minimum atomic E-state index is -0.0304. The zero-order chi connectivity index (χ0) is 21.8. The SMILES string of the molecule is O=C(NCC1(N2CCOCC2)CCCCC1)c1cc(-c2ccncc2)nc2ccccc12. The number of benzene rings is 1. The molecule has 1 aliphatic carbocycles. The summed E-state index contributed by atoms with van der Waals surface area (Å²) in [5, 5.41) is 4.20. The first kappa shape index (κ1) is 21.0. The average Bonchev–Trinajstić information content (AvgIpc) is 2.88. The van der Waals surface area contributed by atoms with Gasteiger partial charge in [0.1, 0.15) is 0 Å². The minimum Gasteiger partial charge on any atom is -0.379 e. The first-order valence-corrected chi connectivity index (χ1v) is 11.7. The van der Waals surface area contributed by atoms with Gasteiger partial charge in [0.05, 0.1) is 30.0 Å². The number of carbonyl (C=O) groups excluding carboxylic acids is 1. The van der Waals surface area contributed by atoms with Gasteiger partial charge in [-0.3, -0.25) is 14.7 Å². The minimum absolute atomic E-state index is 0.0304. The van der Waals surface area contributed by atoms with Crippen LogP contribution in [-0.2, 0) is 4.74 Å². The van der Waals surface area contributed by atoms with Crippen molar-refractivity contribution in [2.24, 2.45) is 0 Å². The summed E-state index contributed by atoms with van der Waals surface area (Å²) < 4.78 is 5.59. The van der Waals surface area contributed by atoms with Gasteiger partial charge in [-0.15, -0.1) is 0 Å². The van der Waals surface area contributed by atoms with Crippen molar-refractivity contribution in [1.82, 2.24) is 20.2 Å². The van der Waals surface area contributed by atoms with Crippen LogP contribution >= 0.6 is 0 Å². The summed E-state index contributed by atoms with van der Waals surface area (Å²) >= 11 is 0. The van der Waals surface area contributed by atoms with Crippen LogP contribution in [0.4, 0.5) is 0 Å². The Morgan fingerprint density at radius 2 is 1.78 bits per heavy atom. The van der Waals surface area contributed by atoms with Crippen LogP contribution < -0.4 is 5.32 Å². The number of morpholine rings is 1. The molecule has 1 aliphatic heterocycles. The standard InChI is InChI=1S/C26H30N4O2/c31-25(28-19-26(10-4-1-5-11-26)30-14-16-32-17-15-30)22-18-24(20-8-12-27-13-9-20)29-23-7-3-2-6-21(22)23/h2-3,6-9,12-13,18H,1,4-5,10-11,14-17,19H2,(H,28,31). The van der Waals surface area contributed by atoms with Gasteiger partial charge in [0, 0.05) is 48.5 Å². The number of carbonyl (C=O) groups is 1. The summed E-state index contributed by atoms with van der Waals surface area (Å²) in [4.78, 5) is 25.0. The Hall–Kier alpha value is -2.83. The van der Waals surface area contributed by atoms with Gasteiger partial charge < -0.3 is 10.1 Å². The number of amides is 1. The van der Waals surface area contributed by atoms with Crippen LogP contribution in [0.1, 0.15) is 42.5 Å². The van der Waals surface area contributed by atoms with E-state index >= 15 is 0 Å². The van der Waals surface area contributed by atoms with E-state index in [2.05, 4.69) is 15.2 Å². The van der Waals surface area contributed by atoms with E-state index in [4.69, 9.17) is 9.72 Å². The molecule has 1 saturated carbocycles. The number of aromatic nitrogens is 2. The lowest BCUT2D eigenvalue weighted by molar-refractivity contribution is -0.0361. The Morgan fingerprint density at radius 3 is 2.56 bits per heavy atom. The lowest BCUT2D eigenvalue weighted by Gasteiger charge is -2.48. The van der Waals surface area contributed by atoms with E-state index in [0.717, 1.165) is 61.3 Å². The molecule has 166 valence electrons. The maximum atomic E-state index is 13.5. The summed E-state index contributed by atoms with van der Waals surface area (Å²) in [5.41, 5.74) is 3.28. The monoisotopic (exact) mass is 430 g/mol. The number of nitrogens with zero attached hydrogens (tertiary/aromatic N) is 3. The van der Waals surface area contributed by atoms with E-state index in [1.54, 1.807) is 12.4 Å². The van der Waals surface area contributed by atoms with Gasteiger partial charge in [-0.25, -0.2) is 4.98 Å². The highest BCUT2D eigenvalue weighted by Crippen LogP contribution is 2.34. The molecule has 5 rings (SSSR count). The number of ether oxygens (including phenoxy) is 1. The van der Waals surface area contributed by atoms with Gasteiger partial charge in [-0.2, -0.15) is 0 Å². The molecular formula is C26H30N4O2. The molecule has 6 heteroatoms. The van der Waals surface area contributed by atoms with Crippen molar-refractivity contribution in [2.75, 3.05) is 32.8 Å². The molecule has 1 aromatic carbocycles. The van der Waals surface area contributed by atoms with Gasteiger partial charge in [0.2, 0.25) is 0 Å². The third-order valence-corrected chi connectivity index (χ3v) is 6.98. The van der Waals surface area contributed by atoms with Crippen molar-refractivity contribution < 1.29 is 9.53 Å². The Labute approximate surface area is 189 Å². The summed E-state index contributed by atoms with van der Waals surface area (Å²) in [6, 6.07) is 13.6. The second-order valence-electron chi connectivity index (χ2n) is 8.88. The molecule has 32 heavy (non-hydrogen) atoms. The maximum absolute atomic E-state index is 13.5. The molecule has 0 bridgehead atoms. The summed E-state index contributed by atoms with van der Waals surface area (Å²) in [6.45, 7) is 4.12. The number of hydrogen-bond donors (Lipinski definition) is 1. The molecule has 1 N–H and O–H groups in total. The molecule has 0 spiro atoms. The van der Waals surface area contributed by atoms with E-state index in [1.807, 2.05) is 42.5 Å². The Kier molecular flexibility index (Phi) is 6.14. The van der Waals surface area contributed by atoms with Crippen molar-refractivity contribution >= 4 is 16.8 Å². The second kappa shape index (κ2) is 9.35. The van der Waals surface area contributed by atoms with E-state index in [1.165, 1.54) is 19.3 Å². The number of pyridine rings is 2. The zero-order valence-corrected chi connectivity index (χ0v) is 18.4. The van der Waals surface area contributed by atoms with Crippen LogP contribution in [0.15, 0.2) is 54.9 Å². The molecule has 0 atom stereocenters. The molecule has 1 amide bonds. The van der Waals surface area contributed by atoms with Crippen LogP contribution in [0, 0.1) is 0 Å². The van der Waals surface area contributed by atoms with Crippen molar-refractivity contribution in [3.8, 4) is 11.3 Å². The summed E-state index contributed by atoms with van der Waals surface area (Å²) in [7, 11) is 0. The topological polar surface area (TPSA) is 67.4 Å². The highest BCUT2D eigenvalue weighted by Gasteiger charge is 2.39. The number of para-hydroxylation sites is 1.